The number of esters is 1. The summed E-state index contributed by atoms with van der Waals surface area (Å²) in [6, 6.07) is 7.34. The summed E-state index contributed by atoms with van der Waals surface area (Å²) in [6.45, 7) is 0.837. The third-order valence-electron chi connectivity index (χ3n) is 4.54. The molecule has 5 nitrogen and oxygen atoms in total. The number of fused-ring (bicyclic) bond motifs is 1. The lowest BCUT2D eigenvalue weighted by molar-refractivity contribution is -0.145. The highest BCUT2D eigenvalue weighted by Crippen LogP contribution is 2.26. The Hall–Kier alpha value is -2.04. The van der Waals surface area contributed by atoms with E-state index in [1.807, 2.05) is 18.2 Å². The van der Waals surface area contributed by atoms with Gasteiger partial charge in [0.1, 0.15) is 0 Å². The molecule has 124 valence electrons. The first-order chi connectivity index (χ1) is 11.2. The van der Waals surface area contributed by atoms with E-state index in [4.69, 9.17) is 9.15 Å². The van der Waals surface area contributed by atoms with E-state index in [0.717, 1.165) is 18.4 Å². The summed E-state index contributed by atoms with van der Waals surface area (Å²) in [4.78, 5) is 23.7. The van der Waals surface area contributed by atoms with Gasteiger partial charge in [-0.05, 0) is 37.3 Å². The molecular formula is C18H23NO4. The number of carbonyl (C=O) groups is 1. The van der Waals surface area contributed by atoms with E-state index in [1.165, 1.54) is 19.3 Å². The third kappa shape index (κ3) is 4.03. The second-order valence-corrected chi connectivity index (χ2v) is 6.27. The van der Waals surface area contributed by atoms with Gasteiger partial charge in [-0.2, -0.15) is 0 Å². The highest BCUT2D eigenvalue weighted by molar-refractivity contribution is 5.72. The topological polar surface area (TPSA) is 61.4 Å². The molecule has 0 amide bonds. The van der Waals surface area contributed by atoms with Crippen LogP contribution in [0.25, 0.3) is 11.1 Å². The van der Waals surface area contributed by atoms with Crippen LogP contribution in [0.4, 0.5) is 0 Å². The summed E-state index contributed by atoms with van der Waals surface area (Å²) in [5.41, 5.74) is 1.37. The fourth-order valence-electron chi connectivity index (χ4n) is 3.32. The number of oxazole rings is 1. The van der Waals surface area contributed by atoms with Gasteiger partial charge in [-0.3, -0.25) is 9.36 Å². The molecule has 0 N–H and O–H groups in total. The van der Waals surface area contributed by atoms with Crippen LogP contribution in [-0.4, -0.2) is 17.1 Å². The smallest absolute Gasteiger partial charge is 0.419 e. The van der Waals surface area contributed by atoms with Crippen LogP contribution in [0.5, 0.6) is 0 Å². The molecule has 1 aliphatic rings. The molecule has 1 aromatic heterocycles. The van der Waals surface area contributed by atoms with Crippen molar-refractivity contribution in [2.75, 3.05) is 6.61 Å². The van der Waals surface area contributed by atoms with E-state index in [1.54, 1.807) is 10.6 Å². The van der Waals surface area contributed by atoms with Crippen molar-refractivity contribution in [3.05, 3.63) is 34.8 Å². The minimum absolute atomic E-state index is 0.110. The fraction of sp³-hybridized carbons (Fsp3) is 0.556. The van der Waals surface area contributed by atoms with E-state index in [9.17, 15) is 9.59 Å². The second kappa shape index (κ2) is 7.49. The second-order valence-electron chi connectivity index (χ2n) is 6.27. The summed E-state index contributed by atoms with van der Waals surface area (Å²) in [5, 5.41) is 0. The molecule has 1 heterocycles. The van der Waals surface area contributed by atoms with Crippen LogP contribution in [0.3, 0.4) is 0 Å². The van der Waals surface area contributed by atoms with Crippen LogP contribution >= 0.6 is 0 Å². The van der Waals surface area contributed by atoms with Gasteiger partial charge >= 0.3 is 11.7 Å². The summed E-state index contributed by atoms with van der Waals surface area (Å²) >= 11 is 0. The lowest BCUT2D eigenvalue weighted by atomic mass is 9.87. The molecule has 5 heteroatoms. The van der Waals surface area contributed by atoms with Crippen LogP contribution < -0.4 is 5.76 Å². The Balaban J connectivity index is 1.45. The van der Waals surface area contributed by atoms with Gasteiger partial charge in [0, 0.05) is 13.0 Å². The van der Waals surface area contributed by atoms with Crippen molar-refractivity contribution >= 4 is 17.1 Å². The first kappa shape index (κ1) is 15.8. The Morgan fingerprint density at radius 1 is 1.22 bits per heavy atom. The molecular weight excluding hydrogens is 294 g/mol. The molecule has 1 fully saturated rings. The maximum absolute atomic E-state index is 11.8. The van der Waals surface area contributed by atoms with Crippen LogP contribution in [0.15, 0.2) is 33.5 Å². The van der Waals surface area contributed by atoms with Crippen LogP contribution in [0.1, 0.15) is 44.9 Å². The van der Waals surface area contributed by atoms with Gasteiger partial charge in [-0.1, -0.05) is 31.4 Å². The van der Waals surface area contributed by atoms with E-state index in [-0.39, 0.29) is 11.7 Å². The summed E-state index contributed by atoms with van der Waals surface area (Å²) < 4.78 is 12.1. The molecule has 1 aliphatic carbocycles. The predicted molar refractivity (Wildman–Crippen MR) is 87.2 cm³/mol. The van der Waals surface area contributed by atoms with Gasteiger partial charge in [-0.15, -0.1) is 0 Å². The first-order valence-electron chi connectivity index (χ1n) is 8.48. The van der Waals surface area contributed by atoms with Gasteiger partial charge < -0.3 is 9.15 Å². The highest BCUT2D eigenvalue weighted by atomic mass is 16.5. The average Bonchev–Trinajstić information content (AvgIpc) is 2.88. The normalized spacial score (nSPS) is 15.8. The van der Waals surface area contributed by atoms with Crippen molar-refractivity contribution < 1.29 is 13.9 Å². The number of rotatable bonds is 6. The largest absolute Gasteiger partial charge is 0.466 e. The average molecular weight is 317 g/mol. The summed E-state index contributed by atoms with van der Waals surface area (Å²) in [6.07, 6.45) is 7.19. The summed E-state index contributed by atoms with van der Waals surface area (Å²) in [5.74, 6) is 0.0257. The molecule has 1 saturated carbocycles. The molecule has 1 aromatic carbocycles. The van der Waals surface area contributed by atoms with Crippen molar-refractivity contribution in [2.45, 2.75) is 51.5 Å². The fourth-order valence-corrected chi connectivity index (χ4v) is 3.32. The number of carbonyl (C=O) groups excluding carboxylic acids is 1. The number of para-hydroxylation sites is 2. The van der Waals surface area contributed by atoms with Crippen molar-refractivity contribution in [1.82, 2.24) is 4.57 Å². The van der Waals surface area contributed by atoms with Gasteiger partial charge in [0.05, 0.1) is 12.1 Å². The summed E-state index contributed by atoms with van der Waals surface area (Å²) in [7, 11) is 0. The molecule has 0 aliphatic heterocycles. The number of nitrogens with zero attached hydrogens (tertiary/aromatic N) is 1. The number of hydrogen-bond donors (Lipinski definition) is 0. The Morgan fingerprint density at radius 3 is 2.83 bits per heavy atom. The van der Waals surface area contributed by atoms with E-state index < -0.39 is 0 Å². The maximum Gasteiger partial charge on any atom is 0.419 e. The molecule has 3 rings (SSSR count). The maximum atomic E-state index is 11.8. The Bertz CT molecular complexity index is 709. The van der Waals surface area contributed by atoms with Crippen LogP contribution in [-0.2, 0) is 16.1 Å². The number of ether oxygens (including phenoxy) is 1. The molecule has 0 atom stereocenters. The number of hydrogen-bond acceptors (Lipinski definition) is 4. The van der Waals surface area contributed by atoms with E-state index in [2.05, 4.69) is 0 Å². The van der Waals surface area contributed by atoms with Crippen molar-refractivity contribution in [3.8, 4) is 0 Å². The Kier molecular flexibility index (Phi) is 5.16. The minimum Gasteiger partial charge on any atom is -0.466 e. The number of benzene rings is 1. The van der Waals surface area contributed by atoms with Gasteiger partial charge in [0.15, 0.2) is 5.58 Å². The SMILES string of the molecule is O=C(CC1CCCCC1)OCCCn1c(=O)oc2ccccc21. The number of aryl methyl sites for hydroxylation is 1. The molecule has 0 saturated heterocycles. The monoisotopic (exact) mass is 317 g/mol. The lowest BCUT2D eigenvalue weighted by Crippen LogP contribution is -2.17. The van der Waals surface area contributed by atoms with Gasteiger partial charge in [-0.25, -0.2) is 4.79 Å². The van der Waals surface area contributed by atoms with Crippen LogP contribution in [0.2, 0.25) is 0 Å². The molecule has 0 spiro atoms. The molecule has 23 heavy (non-hydrogen) atoms. The van der Waals surface area contributed by atoms with E-state index in [0.29, 0.717) is 37.5 Å². The quantitative estimate of drug-likeness (QED) is 0.604. The van der Waals surface area contributed by atoms with Gasteiger partial charge in [0.2, 0.25) is 0 Å². The van der Waals surface area contributed by atoms with Gasteiger partial charge in [0.25, 0.3) is 0 Å². The third-order valence-corrected chi connectivity index (χ3v) is 4.54. The first-order valence-corrected chi connectivity index (χ1v) is 8.48. The van der Waals surface area contributed by atoms with E-state index >= 15 is 0 Å². The lowest BCUT2D eigenvalue weighted by Gasteiger charge is -2.20. The standard InChI is InChI=1S/C18H23NO4/c20-17(13-14-7-2-1-3-8-14)22-12-6-11-19-15-9-4-5-10-16(15)23-18(19)21/h4-5,9-10,14H,1-3,6-8,11-13H2. The predicted octanol–water partition coefficient (Wildman–Crippen LogP) is 3.50. The zero-order chi connectivity index (χ0) is 16.1. The number of aromatic nitrogens is 1. The molecule has 2 aromatic rings. The van der Waals surface area contributed by atoms with Crippen molar-refractivity contribution in [1.29, 1.82) is 0 Å². The Labute approximate surface area is 135 Å². The highest BCUT2D eigenvalue weighted by Gasteiger charge is 2.17. The molecule has 0 bridgehead atoms. The van der Waals surface area contributed by atoms with Crippen LogP contribution in [0, 0.1) is 5.92 Å². The zero-order valence-electron chi connectivity index (χ0n) is 13.3. The van der Waals surface area contributed by atoms with Crippen molar-refractivity contribution in [2.24, 2.45) is 5.92 Å². The molecule has 0 unspecified atom stereocenters. The van der Waals surface area contributed by atoms with Crippen molar-refractivity contribution in [3.63, 3.8) is 0 Å². The Morgan fingerprint density at radius 2 is 2.00 bits per heavy atom. The molecule has 0 radical (unpaired) electrons. The zero-order valence-corrected chi connectivity index (χ0v) is 13.3. The minimum atomic E-state index is -0.361.